The molecule has 1 atom stereocenters. The summed E-state index contributed by atoms with van der Waals surface area (Å²) < 4.78 is 5.07. The van der Waals surface area contributed by atoms with Gasteiger partial charge in [-0.2, -0.15) is 0 Å². The summed E-state index contributed by atoms with van der Waals surface area (Å²) in [6.45, 7) is 0. The maximum absolute atomic E-state index is 12.2. The average molecular weight is 371 g/mol. The van der Waals surface area contributed by atoms with Crippen molar-refractivity contribution in [2.45, 2.75) is 11.7 Å². The average Bonchev–Trinajstić information content (AvgIpc) is 2.94. The van der Waals surface area contributed by atoms with E-state index in [-0.39, 0.29) is 24.0 Å². The highest BCUT2D eigenvalue weighted by Crippen LogP contribution is 2.27. The number of aromatic hydroxyl groups is 1. The van der Waals surface area contributed by atoms with Gasteiger partial charge in [0.05, 0.1) is 12.8 Å². The van der Waals surface area contributed by atoms with Crippen molar-refractivity contribution >= 4 is 40.1 Å². The Morgan fingerprint density at radius 1 is 1.31 bits per heavy atom. The number of phenols is 1. The molecule has 26 heavy (non-hydrogen) atoms. The summed E-state index contributed by atoms with van der Waals surface area (Å²) in [5.41, 5.74) is 1.16. The quantitative estimate of drug-likeness (QED) is 0.750. The zero-order valence-electron chi connectivity index (χ0n) is 13.9. The monoisotopic (exact) mass is 371 g/mol. The first-order chi connectivity index (χ1) is 12.5. The number of ether oxygens (including phenoxy) is 1. The molecule has 3 N–H and O–H groups in total. The first-order valence-electron chi connectivity index (χ1n) is 7.82. The topological polar surface area (TPSA) is 100 Å². The number of amides is 2. The number of thioether (sulfide) groups is 1. The van der Waals surface area contributed by atoms with Gasteiger partial charge >= 0.3 is 0 Å². The van der Waals surface area contributed by atoms with Crippen LogP contribution in [0.3, 0.4) is 0 Å². The smallest absolute Gasteiger partial charge is 0.240 e. The van der Waals surface area contributed by atoms with Gasteiger partial charge in [0.25, 0.3) is 0 Å². The van der Waals surface area contributed by atoms with Crippen molar-refractivity contribution in [3.8, 4) is 11.5 Å². The SMILES string of the molecule is COc1ccc(NC(=O)C[C@@H]2SC(=Nc3cccc(O)c3)NC2=O)cc1. The molecular formula is C18H17N3O4S. The van der Waals surface area contributed by atoms with E-state index in [1.54, 1.807) is 43.5 Å². The van der Waals surface area contributed by atoms with Crippen molar-refractivity contribution in [1.29, 1.82) is 0 Å². The standard InChI is InChI=1S/C18H17N3O4S/c1-25-14-7-5-11(6-8-14)19-16(23)10-15-17(24)21-18(26-15)20-12-3-2-4-13(22)9-12/h2-9,15,22H,10H2,1H3,(H,19,23)(H,20,21,24)/t15-/m0/s1. The minimum atomic E-state index is -0.552. The molecule has 0 bridgehead atoms. The second kappa shape index (κ2) is 7.92. The number of anilines is 1. The van der Waals surface area contributed by atoms with Gasteiger partial charge in [-0.25, -0.2) is 4.99 Å². The van der Waals surface area contributed by atoms with Gasteiger partial charge in [0.2, 0.25) is 11.8 Å². The Morgan fingerprint density at radius 2 is 2.08 bits per heavy atom. The highest BCUT2D eigenvalue weighted by molar-refractivity contribution is 8.15. The highest BCUT2D eigenvalue weighted by atomic mass is 32.2. The van der Waals surface area contributed by atoms with Gasteiger partial charge in [0.1, 0.15) is 16.7 Å². The molecule has 8 heteroatoms. The molecule has 0 spiro atoms. The van der Waals surface area contributed by atoms with Crippen molar-refractivity contribution in [1.82, 2.24) is 5.32 Å². The lowest BCUT2D eigenvalue weighted by Gasteiger charge is -2.08. The maximum Gasteiger partial charge on any atom is 0.240 e. The largest absolute Gasteiger partial charge is 0.508 e. The van der Waals surface area contributed by atoms with E-state index in [2.05, 4.69) is 15.6 Å². The molecule has 0 saturated carbocycles. The van der Waals surface area contributed by atoms with Crippen LogP contribution in [-0.2, 0) is 9.59 Å². The molecule has 2 amide bonds. The second-order valence-corrected chi connectivity index (χ2v) is 6.70. The maximum atomic E-state index is 12.2. The van der Waals surface area contributed by atoms with Gasteiger partial charge in [-0.15, -0.1) is 0 Å². The summed E-state index contributed by atoms with van der Waals surface area (Å²) in [6, 6.07) is 13.3. The number of nitrogens with zero attached hydrogens (tertiary/aromatic N) is 1. The summed E-state index contributed by atoms with van der Waals surface area (Å²) in [6.07, 6.45) is 0.0294. The van der Waals surface area contributed by atoms with Crippen LogP contribution in [0.15, 0.2) is 53.5 Å². The zero-order valence-corrected chi connectivity index (χ0v) is 14.7. The number of methoxy groups -OCH3 is 1. The van der Waals surface area contributed by atoms with E-state index in [4.69, 9.17) is 4.74 Å². The van der Waals surface area contributed by atoms with Crippen molar-refractivity contribution in [3.63, 3.8) is 0 Å². The summed E-state index contributed by atoms with van der Waals surface area (Å²) in [5, 5.41) is 14.7. The first kappa shape index (κ1) is 17.8. The van der Waals surface area contributed by atoms with E-state index >= 15 is 0 Å². The van der Waals surface area contributed by atoms with Crippen LogP contribution in [0, 0.1) is 0 Å². The molecule has 1 aliphatic heterocycles. The molecule has 1 saturated heterocycles. The van der Waals surface area contributed by atoms with E-state index in [0.717, 1.165) is 0 Å². The van der Waals surface area contributed by atoms with E-state index in [1.807, 2.05) is 0 Å². The van der Waals surface area contributed by atoms with E-state index in [9.17, 15) is 14.7 Å². The minimum Gasteiger partial charge on any atom is -0.508 e. The molecule has 2 aromatic rings. The Hall–Kier alpha value is -3.00. The molecule has 134 valence electrons. The number of nitrogens with one attached hydrogen (secondary N) is 2. The zero-order chi connectivity index (χ0) is 18.5. The summed E-state index contributed by atoms with van der Waals surface area (Å²) in [7, 11) is 1.57. The van der Waals surface area contributed by atoms with Gasteiger partial charge < -0.3 is 20.5 Å². The Morgan fingerprint density at radius 3 is 2.77 bits per heavy atom. The van der Waals surface area contributed by atoms with Crippen molar-refractivity contribution in [2.75, 3.05) is 12.4 Å². The number of amidine groups is 1. The fourth-order valence-electron chi connectivity index (χ4n) is 2.33. The Balaban J connectivity index is 1.59. The van der Waals surface area contributed by atoms with Gasteiger partial charge in [-0.05, 0) is 36.4 Å². The molecule has 0 aliphatic carbocycles. The van der Waals surface area contributed by atoms with E-state index in [0.29, 0.717) is 22.3 Å². The van der Waals surface area contributed by atoms with Crippen LogP contribution in [0.4, 0.5) is 11.4 Å². The first-order valence-corrected chi connectivity index (χ1v) is 8.70. The number of phenolic OH excluding ortho intramolecular Hbond substituents is 1. The number of hydrogen-bond donors (Lipinski definition) is 3. The van der Waals surface area contributed by atoms with Crippen LogP contribution in [-0.4, -0.2) is 34.4 Å². The molecule has 7 nitrogen and oxygen atoms in total. The number of benzene rings is 2. The molecule has 2 aromatic carbocycles. The molecule has 1 heterocycles. The third-order valence-electron chi connectivity index (χ3n) is 3.58. The van der Waals surface area contributed by atoms with Crippen LogP contribution < -0.4 is 15.4 Å². The van der Waals surface area contributed by atoms with Crippen LogP contribution in [0.5, 0.6) is 11.5 Å². The Kier molecular flexibility index (Phi) is 5.43. The molecule has 0 unspecified atom stereocenters. The van der Waals surface area contributed by atoms with Gasteiger partial charge in [0, 0.05) is 18.2 Å². The van der Waals surface area contributed by atoms with E-state index in [1.165, 1.54) is 23.9 Å². The van der Waals surface area contributed by atoms with Crippen LogP contribution in [0.2, 0.25) is 0 Å². The molecule has 1 fully saturated rings. The van der Waals surface area contributed by atoms with Gasteiger partial charge in [-0.3, -0.25) is 9.59 Å². The number of carbonyl (C=O) groups is 2. The fraction of sp³-hybridized carbons (Fsp3) is 0.167. The van der Waals surface area contributed by atoms with Crippen molar-refractivity contribution < 1.29 is 19.4 Å². The van der Waals surface area contributed by atoms with Crippen LogP contribution in [0.25, 0.3) is 0 Å². The Bertz CT molecular complexity index is 852. The summed E-state index contributed by atoms with van der Waals surface area (Å²) >= 11 is 1.19. The predicted molar refractivity (Wildman–Crippen MR) is 101 cm³/mol. The van der Waals surface area contributed by atoms with Gasteiger partial charge in [0.15, 0.2) is 5.17 Å². The molecule has 0 aromatic heterocycles. The van der Waals surface area contributed by atoms with Gasteiger partial charge in [-0.1, -0.05) is 17.8 Å². The van der Waals surface area contributed by atoms with Crippen LogP contribution >= 0.6 is 11.8 Å². The Labute approximate surface area is 154 Å². The number of carbonyl (C=O) groups excluding carboxylic acids is 2. The lowest BCUT2D eigenvalue weighted by molar-refractivity contribution is -0.122. The molecule has 3 rings (SSSR count). The lowest BCUT2D eigenvalue weighted by Crippen LogP contribution is -2.28. The summed E-state index contributed by atoms with van der Waals surface area (Å²) in [4.78, 5) is 28.5. The molecule has 1 aliphatic rings. The molecular weight excluding hydrogens is 354 g/mol. The summed E-state index contributed by atoms with van der Waals surface area (Å²) in [5.74, 6) is 0.262. The van der Waals surface area contributed by atoms with Crippen LogP contribution in [0.1, 0.15) is 6.42 Å². The second-order valence-electron chi connectivity index (χ2n) is 5.51. The minimum absolute atomic E-state index is 0.0294. The van der Waals surface area contributed by atoms with Crippen molar-refractivity contribution in [2.24, 2.45) is 4.99 Å². The third-order valence-corrected chi connectivity index (χ3v) is 4.66. The highest BCUT2D eigenvalue weighted by Gasteiger charge is 2.32. The number of hydrogen-bond acceptors (Lipinski definition) is 6. The molecule has 0 radical (unpaired) electrons. The number of rotatable bonds is 5. The lowest BCUT2D eigenvalue weighted by atomic mass is 10.2. The normalized spacial score (nSPS) is 17.8. The number of aliphatic imine (C=N–C) groups is 1. The fourth-order valence-corrected chi connectivity index (χ4v) is 3.31. The third kappa shape index (κ3) is 4.54. The predicted octanol–water partition coefficient (Wildman–Crippen LogP) is 2.65. The van der Waals surface area contributed by atoms with E-state index < -0.39 is 5.25 Å². The van der Waals surface area contributed by atoms with Crippen molar-refractivity contribution in [3.05, 3.63) is 48.5 Å².